The van der Waals surface area contributed by atoms with Crippen LogP contribution in [0, 0.1) is 0 Å². The van der Waals surface area contributed by atoms with Gasteiger partial charge in [-0.05, 0) is 22.4 Å². The molecule has 102 valence electrons. The average molecular weight is 305 g/mol. The number of hydrogen-bond donors (Lipinski definition) is 0. The summed E-state index contributed by atoms with van der Waals surface area (Å²) in [6.45, 7) is 2.51. The molecular weight excluding hydrogens is 292 g/mol. The van der Waals surface area contributed by atoms with Crippen LogP contribution in [-0.2, 0) is 13.0 Å². The third-order valence-electron chi connectivity index (χ3n) is 3.26. The summed E-state index contributed by atoms with van der Waals surface area (Å²) in [6.07, 6.45) is 0.678. The second-order valence-corrected chi connectivity index (χ2v) is 5.83. The first-order chi connectivity index (χ1) is 9.69. The van der Waals surface area contributed by atoms with Gasteiger partial charge in [-0.25, -0.2) is 4.98 Å². The van der Waals surface area contributed by atoms with Crippen molar-refractivity contribution in [2.75, 3.05) is 0 Å². The minimum atomic E-state index is -0.0999. The van der Waals surface area contributed by atoms with E-state index in [2.05, 4.69) is 22.5 Å². The lowest BCUT2D eigenvalue weighted by molar-refractivity contribution is 0.678. The molecule has 0 spiro atoms. The van der Waals surface area contributed by atoms with Gasteiger partial charge in [-0.3, -0.25) is 9.36 Å². The first-order valence-corrected chi connectivity index (χ1v) is 7.66. The van der Waals surface area contributed by atoms with Crippen molar-refractivity contribution < 1.29 is 0 Å². The van der Waals surface area contributed by atoms with Crippen molar-refractivity contribution in [2.45, 2.75) is 19.9 Å². The molecule has 3 aromatic rings. The van der Waals surface area contributed by atoms with E-state index in [0.29, 0.717) is 13.0 Å². The summed E-state index contributed by atoms with van der Waals surface area (Å²) in [6, 6.07) is 9.59. The number of aromatic nitrogens is 2. The Kier molecular flexibility index (Phi) is 3.59. The van der Waals surface area contributed by atoms with Gasteiger partial charge in [0.15, 0.2) is 0 Å². The Bertz CT molecular complexity index is 822. The van der Waals surface area contributed by atoms with E-state index >= 15 is 0 Å². The topological polar surface area (TPSA) is 34.9 Å². The van der Waals surface area contributed by atoms with E-state index < -0.39 is 0 Å². The number of benzene rings is 1. The molecule has 3 nitrogen and oxygen atoms in total. The highest BCUT2D eigenvalue weighted by molar-refractivity contribution is 7.17. The molecule has 0 atom stereocenters. The number of hydrogen-bond acceptors (Lipinski definition) is 3. The van der Waals surface area contributed by atoms with Crippen LogP contribution in [0.5, 0.6) is 0 Å². The molecule has 0 bridgehead atoms. The highest BCUT2D eigenvalue weighted by atomic mass is 35.5. The van der Waals surface area contributed by atoms with Crippen molar-refractivity contribution >= 4 is 33.0 Å². The molecule has 20 heavy (non-hydrogen) atoms. The highest BCUT2D eigenvalue weighted by Crippen LogP contribution is 2.26. The van der Waals surface area contributed by atoms with E-state index in [1.54, 1.807) is 15.9 Å². The molecule has 0 unspecified atom stereocenters. The SMILES string of the molecule is CCc1nc(Cl)cc(=O)n1Cc1csc2ccccc12. The van der Waals surface area contributed by atoms with Gasteiger partial charge >= 0.3 is 0 Å². The minimum Gasteiger partial charge on any atom is -0.292 e. The number of fused-ring (bicyclic) bond motifs is 1. The van der Waals surface area contributed by atoms with Crippen LogP contribution in [0.4, 0.5) is 0 Å². The van der Waals surface area contributed by atoms with Gasteiger partial charge in [-0.1, -0.05) is 36.7 Å². The van der Waals surface area contributed by atoms with E-state index in [4.69, 9.17) is 11.6 Å². The maximum Gasteiger partial charge on any atom is 0.255 e. The van der Waals surface area contributed by atoms with Crippen LogP contribution in [0.1, 0.15) is 18.3 Å². The van der Waals surface area contributed by atoms with Crippen LogP contribution in [0.15, 0.2) is 40.5 Å². The molecule has 1 aromatic carbocycles. The number of nitrogens with zero attached hydrogens (tertiary/aromatic N) is 2. The molecule has 2 heterocycles. The van der Waals surface area contributed by atoms with Crippen molar-refractivity contribution in [2.24, 2.45) is 0 Å². The summed E-state index contributed by atoms with van der Waals surface area (Å²) < 4.78 is 2.93. The van der Waals surface area contributed by atoms with Crippen molar-refractivity contribution in [3.8, 4) is 0 Å². The molecule has 0 amide bonds. The van der Waals surface area contributed by atoms with E-state index in [9.17, 15) is 4.79 Å². The molecule has 0 aliphatic rings. The summed E-state index contributed by atoms with van der Waals surface area (Å²) in [4.78, 5) is 16.4. The predicted molar refractivity (Wildman–Crippen MR) is 83.8 cm³/mol. The Morgan fingerprint density at radius 2 is 2.15 bits per heavy atom. The molecule has 2 aromatic heterocycles. The van der Waals surface area contributed by atoms with Crippen molar-refractivity contribution in [3.63, 3.8) is 0 Å². The molecule has 0 aliphatic carbocycles. The van der Waals surface area contributed by atoms with Gasteiger partial charge in [-0.15, -0.1) is 11.3 Å². The molecular formula is C15H13ClN2OS. The Morgan fingerprint density at radius 3 is 2.95 bits per heavy atom. The van der Waals surface area contributed by atoms with Gasteiger partial charge in [0, 0.05) is 17.2 Å². The van der Waals surface area contributed by atoms with Crippen LogP contribution >= 0.6 is 22.9 Å². The standard InChI is InChI=1S/C15H13ClN2OS/c1-2-14-17-13(16)7-15(19)18(14)8-10-9-20-12-6-4-3-5-11(10)12/h3-7,9H,2,8H2,1H3. The van der Waals surface area contributed by atoms with E-state index in [0.717, 1.165) is 11.4 Å². The lowest BCUT2D eigenvalue weighted by Crippen LogP contribution is -2.24. The quantitative estimate of drug-likeness (QED) is 0.691. The fourth-order valence-electron chi connectivity index (χ4n) is 2.29. The van der Waals surface area contributed by atoms with E-state index in [1.165, 1.54) is 16.2 Å². The van der Waals surface area contributed by atoms with Gasteiger partial charge in [0.2, 0.25) is 0 Å². The third kappa shape index (κ3) is 2.37. The maximum absolute atomic E-state index is 12.1. The Balaban J connectivity index is 2.10. The van der Waals surface area contributed by atoms with Crippen LogP contribution in [0.25, 0.3) is 10.1 Å². The number of thiophene rings is 1. The zero-order valence-electron chi connectivity index (χ0n) is 11.0. The monoisotopic (exact) mass is 304 g/mol. The number of halogens is 1. The zero-order chi connectivity index (χ0) is 14.1. The summed E-state index contributed by atoms with van der Waals surface area (Å²) in [7, 11) is 0. The van der Waals surface area contributed by atoms with Gasteiger partial charge in [0.25, 0.3) is 5.56 Å². The molecule has 3 rings (SSSR count). The van der Waals surface area contributed by atoms with Gasteiger partial charge in [-0.2, -0.15) is 0 Å². The van der Waals surface area contributed by atoms with Crippen LogP contribution < -0.4 is 5.56 Å². The Morgan fingerprint density at radius 1 is 1.35 bits per heavy atom. The highest BCUT2D eigenvalue weighted by Gasteiger charge is 2.10. The van der Waals surface area contributed by atoms with Crippen LogP contribution in [0.3, 0.4) is 0 Å². The third-order valence-corrected chi connectivity index (χ3v) is 4.47. The smallest absolute Gasteiger partial charge is 0.255 e. The fourth-order valence-corrected chi connectivity index (χ4v) is 3.43. The maximum atomic E-state index is 12.1. The number of aryl methyl sites for hydroxylation is 1. The first kappa shape index (κ1) is 13.3. The molecule has 0 saturated heterocycles. The second kappa shape index (κ2) is 5.38. The molecule has 0 fully saturated rings. The Hall–Kier alpha value is -1.65. The second-order valence-electron chi connectivity index (χ2n) is 4.53. The van der Waals surface area contributed by atoms with Crippen LogP contribution in [0.2, 0.25) is 5.15 Å². The molecule has 5 heteroatoms. The lowest BCUT2D eigenvalue weighted by atomic mass is 10.2. The van der Waals surface area contributed by atoms with Crippen molar-refractivity contribution in [3.05, 3.63) is 62.6 Å². The van der Waals surface area contributed by atoms with Gasteiger partial charge in [0.1, 0.15) is 11.0 Å². The molecule has 0 saturated carbocycles. The molecule has 0 radical (unpaired) electrons. The van der Waals surface area contributed by atoms with E-state index in [1.807, 2.05) is 19.1 Å². The van der Waals surface area contributed by atoms with Crippen molar-refractivity contribution in [1.82, 2.24) is 9.55 Å². The van der Waals surface area contributed by atoms with Gasteiger partial charge in [0.05, 0.1) is 6.54 Å². The van der Waals surface area contributed by atoms with E-state index in [-0.39, 0.29) is 10.7 Å². The summed E-state index contributed by atoms with van der Waals surface area (Å²) in [5, 5.41) is 3.56. The summed E-state index contributed by atoms with van der Waals surface area (Å²) in [5.74, 6) is 0.720. The van der Waals surface area contributed by atoms with Crippen LogP contribution in [-0.4, -0.2) is 9.55 Å². The average Bonchev–Trinajstić information content (AvgIpc) is 2.85. The Labute approximate surface area is 125 Å². The first-order valence-electron chi connectivity index (χ1n) is 6.40. The summed E-state index contributed by atoms with van der Waals surface area (Å²) in [5.41, 5.74) is 1.05. The lowest BCUT2D eigenvalue weighted by Gasteiger charge is -2.10. The fraction of sp³-hybridized carbons (Fsp3) is 0.200. The van der Waals surface area contributed by atoms with Gasteiger partial charge < -0.3 is 0 Å². The zero-order valence-corrected chi connectivity index (χ0v) is 12.5. The largest absolute Gasteiger partial charge is 0.292 e. The normalized spacial score (nSPS) is 11.1. The molecule has 0 N–H and O–H groups in total. The molecule has 0 aliphatic heterocycles. The van der Waals surface area contributed by atoms with Crippen molar-refractivity contribution in [1.29, 1.82) is 0 Å². The predicted octanol–water partition coefficient (Wildman–Crippen LogP) is 3.72. The number of rotatable bonds is 3. The minimum absolute atomic E-state index is 0.0999. The summed E-state index contributed by atoms with van der Waals surface area (Å²) >= 11 is 7.55.